The van der Waals surface area contributed by atoms with E-state index in [1.165, 1.54) is 6.92 Å². The highest BCUT2D eigenvalue weighted by Gasteiger charge is 2.50. The van der Waals surface area contributed by atoms with Gasteiger partial charge < -0.3 is 4.74 Å². The summed E-state index contributed by atoms with van der Waals surface area (Å²) in [5, 5.41) is 0. The molecular formula is C15H19NO4S. The average molecular weight is 309 g/mol. The molecule has 2 saturated carbocycles. The van der Waals surface area contributed by atoms with Crippen molar-refractivity contribution in [3.63, 3.8) is 0 Å². The molecule has 0 radical (unpaired) electrons. The van der Waals surface area contributed by atoms with Gasteiger partial charge in [0.05, 0.1) is 10.9 Å². The van der Waals surface area contributed by atoms with E-state index in [1.807, 2.05) is 0 Å². The van der Waals surface area contributed by atoms with Crippen LogP contribution in [-0.2, 0) is 19.6 Å². The summed E-state index contributed by atoms with van der Waals surface area (Å²) in [5.41, 5.74) is 0. The lowest BCUT2D eigenvalue weighted by Crippen LogP contribution is -2.48. The summed E-state index contributed by atoms with van der Waals surface area (Å²) >= 11 is 0. The summed E-state index contributed by atoms with van der Waals surface area (Å²) in [6.45, 7) is 1.37. The number of esters is 1. The highest BCUT2D eigenvalue weighted by molar-refractivity contribution is 7.89. The molecule has 0 heterocycles. The molecular weight excluding hydrogens is 290 g/mol. The van der Waals surface area contributed by atoms with Crippen molar-refractivity contribution < 1.29 is 17.9 Å². The second-order valence-electron chi connectivity index (χ2n) is 5.87. The topological polar surface area (TPSA) is 72.5 Å². The largest absolute Gasteiger partial charge is 0.461 e. The molecule has 2 aliphatic carbocycles. The summed E-state index contributed by atoms with van der Waals surface area (Å²) in [5.74, 6) is 0.191. The van der Waals surface area contributed by atoms with Crippen molar-refractivity contribution >= 4 is 16.0 Å². The van der Waals surface area contributed by atoms with Crippen LogP contribution in [0, 0.1) is 11.8 Å². The van der Waals surface area contributed by atoms with Gasteiger partial charge in [-0.2, -0.15) is 0 Å². The third kappa shape index (κ3) is 2.82. The van der Waals surface area contributed by atoms with Gasteiger partial charge in [-0.15, -0.1) is 0 Å². The van der Waals surface area contributed by atoms with Crippen LogP contribution in [0.4, 0.5) is 0 Å². The molecule has 6 heteroatoms. The minimum absolute atomic E-state index is 0.245. The standard InChI is InChI=1S/C15H19NO4S/c1-10(17)20-15-12-8-7-11(9-12)14(15)16-21(18,19)13-5-3-2-4-6-13/h2-6,11-12,14-16H,7-9H2,1H3. The first kappa shape index (κ1) is 14.5. The first-order valence-electron chi connectivity index (χ1n) is 7.22. The molecule has 4 atom stereocenters. The van der Waals surface area contributed by atoms with E-state index in [2.05, 4.69) is 4.72 Å². The first-order chi connectivity index (χ1) is 9.97. The van der Waals surface area contributed by atoms with Crippen LogP contribution in [0.3, 0.4) is 0 Å². The molecule has 0 aliphatic heterocycles. The number of benzene rings is 1. The minimum Gasteiger partial charge on any atom is -0.461 e. The molecule has 2 aliphatic rings. The van der Waals surface area contributed by atoms with Crippen molar-refractivity contribution in [2.75, 3.05) is 0 Å². The summed E-state index contributed by atoms with van der Waals surface area (Å²) in [4.78, 5) is 11.5. The number of carbonyl (C=O) groups excluding carboxylic acids is 1. The fraction of sp³-hybridized carbons (Fsp3) is 0.533. The number of carbonyl (C=O) groups is 1. The van der Waals surface area contributed by atoms with E-state index in [0.717, 1.165) is 19.3 Å². The van der Waals surface area contributed by atoms with Crippen molar-refractivity contribution in [1.29, 1.82) is 0 Å². The fourth-order valence-corrected chi connectivity index (χ4v) is 4.95. The Hall–Kier alpha value is -1.40. The Labute approximate surface area is 124 Å². The molecule has 1 aromatic rings. The maximum absolute atomic E-state index is 12.4. The van der Waals surface area contributed by atoms with E-state index in [-0.39, 0.29) is 34.8 Å². The number of fused-ring (bicyclic) bond motifs is 2. The number of hydrogen-bond acceptors (Lipinski definition) is 4. The maximum Gasteiger partial charge on any atom is 0.302 e. The van der Waals surface area contributed by atoms with Crippen LogP contribution in [0.15, 0.2) is 35.2 Å². The molecule has 3 rings (SSSR count). The quantitative estimate of drug-likeness (QED) is 0.859. The van der Waals surface area contributed by atoms with Gasteiger partial charge in [0.1, 0.15) is 6.10 Å². The first-order valence-corrected chi connectivity index (χ1v) is 8.70. The molecule has 1 N–H and O–H groups in total. The van der Waals surface area contributed by atoms with E-state index in [0.29, 0.717) is 0 Å². The van der Waals surface area contributed by atoms with Crippen LogP contribution in [0.5, 0.6) is 0 Å². The number of nitrogens with one attached hydrogen (secondary N) is 1. The Kier molecular flexibility index (Phi) is 3.75. The number of ether oxygens (including phenoxy) is 1. The van der Waals surface area contributed by atoms with Gasteiger partial charge in [0, 0.05) is 6.92 Å². The van der Waals surface area contributed by atoms with Gasteiger partial charge in [0.25, 0.3) is 0 Å². The molecule has 114 valence electrons. The number of rotatable bonds is 4. The number of hydrogen-bond donors (Lipinski definition) is 1. The predicted molar refractivity (Wildman–Crippen MR) is 76.9 cm³/mol. The Morgan fingerprint density at radius 3 is 2.52 bits per heavy atom. The Morgan fingerprint density at radius 1 is 1.19 bits per heavy atom. The lowest BCUT2D eigenvalue weighted by Gasteiger charge is -2.30. The van der Waals surface area contributed by atoms with E-state index < -0.39 is 10.0 Å². The van der Waals surface area contributed by atoms with Crippen molar-refractivity contribution in [1.82, 2.24) is 4.72 Å². The van der Waals surface area contributed by atoms with Crippen LogP contribution < -0.4 is 4.72 Å². The Bertz CT molecular complexity index is 628. The lowest BCUT2D eigenvalue weighted by molar-refractivity contribution is -0.149. The third-order valence-electron chi connectivity index (χ3n) is 4.49. The Morgan fingerprint density at radius 2 is 1.86 bits per heavy atom. The van der Waals surface area contributed by atoms with E-state index in [4.69, 9.17) is 4.74 Å². The smallest absolute Gasteiger partial charge is 0.302 e. The highest BCUT2D eigenvalue weighted by Crippen LogP contribution is 2.46. The van der Waals surface area contributed by atoms with E-state index in [9.17, 15) is 13.2 Å². The van der Waals surface area contributed by atoms with Crippen LogP contribution in [0.1, 0.15) is 26.2 Å². The molecule has 0 saturated heterocycles. The monoisotopic (exact) mass is 309 g/mol. The van der Waals surface area contributed by atoms with Gasteiger partial charge in [-0.25, -0.2) is 13.1 Å². The lowest BCUT2D eigenvalue weighted by atomic mass is 9.93. The molecule has 2 fully saturated rings. The van der Waals surface area contributed by atoms with Gasteiger partial charge in [0.2, 0.25) is 10.0 Å². The molecule has 4 unspecified atom stereocenters. The van der Waals surface area contributed by atoms with E-state index >= 15 is 0 Å². The van der Waals surface area contributed by atoms with Crippen molar-refractivity contribution in [3.8, 4) is 0 Å². The maximum atomic E-state index is 12.4. The molecule has 0 spiro atoms. The van der Waals surface area contributed by atoms with Gasteiger partial charge >= 0.3 is 5.97 Å². The van der Waals surface area contributed by atoms with E-state index in [1.54, 1.807) is 30.3 Å². The zero-order chi connectivity index (χ0) is 15.0. The molecule has 21 heavy (non-hydrogen) atoms. The number of sulfonamides is 1. The summed E-state index contributed by atoms with van der Waals surface area (Å²) < 4.78 is 33.0. The SMILES string of the molecule is CC(=O)OC1C2CCC(C2)C1NS(=O)(=O)c1ccccc1. The van der Waals surface area contributed by atoms with Gasteiger partial charge in [-0.1, -0.05) is 18.2 Å². The molecule has 2 bridgehead atoms. The zero-order valence-corrected chi connectivity index (χ0v) is 12.7. The molecule has 1 aromatic carbocycles. The molecule has 0 aromatic heterocycles. The third-order valence-corrected chi connectivity index (χ3v) is 5.96. The van der Waals surface area contributed by atoms with Crippen LogP contribution in [0.2, 0.25) is 0 Å². The van der Waals surface area contributed by atoms with Gasteiger partial charge in [-0.3, -0.25) is 4.79 Å². The van der Waals surface area contributed by atoms with Crippen LogP contribution in [-0.4, -0.2) is 26.5 Å². The van der Waals surface area contributed by atoms with Crippen molar-refractivity contribution in [2.45, 2.75) is 43.2 Å². The van der Waals surface area contributed by atoms with Crippen molar-refractivity contribution in [2.24, 2.45) is 11.8 Å². The van der Waals surface area contributed by atoms with Crippen molar-refractivity contribution in [3.05, 3.63) is 30.3 Å². The van der Waals surface area contributed by atoms with Crippen LogP contribution >= 0.6 is 0 Å². The molecule has 5 nitrogen and oxygen atoms in total. The second-order valence-corrected chi connectivity index (χ2v) is 7.58. The minimum atomic E-state index is -3.58. The average Bonchev–Trinajstić information content (AvgIpc) is 3.02. The van der Waals surface area contributed by atoms with Gasteiger partial charge in [-0.05, 0) is 43.2 Å². The summed E-state index contributed by atoms with van der Waals surface area (Å²) in [6, 6.07) is 7.99. The zero-order valence-electron chi connectivity index (χ0n) is 11.9. The summed E-state index contributed by atoms with van der Waals surface area (Å²) in [7, 11) is -3.58. The normalized spacial score (nSPS) is 31.3. The second kappa shape index (κ2) is 5.42. The van der Waals surface area contributed by atoms with Gasteiger partial charge in [0.15, 0.2) is 0 Å². The van der Waals surface area contributed by atoms with Crippen LogP contribution in [0.25, 0.3) is 0 Å². The Balaban J connectivity index is 1.81. The fourth-order valence-electron chi connectivity index (χ4n) is 3.61. The molecule has 0 amide bonds. The predicted octanol–water partition coefficient (Wildman–Crippen LogP) is 1.70. The highest BCUT2D eigenvalue weighted by atomic mass is 32.2. The summed E-state index contributed by atoms with van der Waals surface area (Å²) in [6.07, 6.45) is 2.59.